The number of aromatic nitrogens is 4. The average molecular weight is 497 g/mol. The normalized spacial score (nSPS) is 20.4. The summed E-state index contributed by atoms with van der Waals surface area (Å²) < 4.78 is 7.61. The van der Waals surface area contributed by atoms with E-state index in [2.05, 4.69) is 31.9 Å². The molecule has 1 saturated heterocycles. The van der Waals surface area contributed by atoms with Gasteiger partial charge >= 0.3 is 0 Å². The van der Waals surface area contributed by atoms with Gasteiger partial charge in [-0.1, -0.05) is 0 Å². The number of carbonyl (C=O) groups excluding carboxylic acids is 1. The van der Waals surface area contributed by atoms with E-state index in [4.69, 9.17) is 14.7 Å². The fourth-order valence-electron chi connectivity index (χ4n) is 5.92. The largest absolute Gasteiger partial charge is 0.380 e. The second kappa shape index (κ2) is 8.53. The van der Waals surface area contributed by atoms with E-state index in [1.165, 1.54) is 0 Å². The summed E-state index contributed by atoms with van der Waals surface area (Å²) in [5, 5.41) is 10.9. The number of ether oxygens (including phenoxy) is 1. The van der Waals surface area contributed by atoms with Crippen molar-refractivity contribution in [1.29, 1.82) is 0 Å². The number of amides is 1. The molecule has 7 rings (SSSR count). The van der Waals surface area contributed by atoms with Gasteiger partial charge in [0.05, 0.1) is 40.6 Å². The highest BCUT2D eigenvalue weighted by Crippen LogP contribution is 2.37. The monoisotopic (exact) mass is 496 g/mol. The van der Waals surface area contributed by atoms with Crippen LogP contribution in [-0.4, -0.2) is 57.8 Å². The molecule has 10 heteroatoms. The smallest absolute Gasteiger partial charge is 0.254 e. The number of pyridine rings is 3. The predicted octanol–water partition coefficient (Wildman–Crippen LogP) is 2.71. The molecule has 7 heterocycles. The van der Waals surface area contributed by atoms with Gasteiger partial charge in [0.15, 0.2) is 0 Å². The molecule has 3 N–H and O–H groups in total. The second-order valence-electron chi connectivity index (χ2n) is 9.90. The molecule has 3 aliphatic heterocycles. The Morgan fingerprint density at radius 1 is 1.16 bits per heavy atom. The maximum absolute atomic E-state index is 12.9. The van der Waals surface area contributed by atoms with Crippen LogP contribution in [0.3, 0.4) is 0 Å². The molecule has 2 atom stereocenters. The summed E-state index contributed by atoms with van der Waals surface area (Å²) >= 11 is 0. The predicted molar refractivity (Wildman–Crippen MR) is 141 cm³/mol. The molecule has 4 aromatic rings. The summed E-state index contributed by atoms with van der Waals surface area (Å²) in [6.45, 7) is 2.90. The van der Waals surface area contributed by atoms with Crippen LogP contribution in [0.5, 0.6) is 0 Å². The van der Waals surface area contributed by atoms with Gasteiger partial charge in [0.2, 0.25) is 0 Å². The zero-order valence-electron chi connectivity index (χ0n) is 20.8. The number of fused-ring (bicyclic) bond motifs is 5. The number of carbonyl (C=O) groups is 1. The molecule has 10 nitrogen and oxygen atoms in total. The molecule has 0 spiro atoms. The van der Waals surface area contributed by atoms with E-state index in [1.807, 2.05) is 36.0 Å². The minimum atomic E-state index is -0.110. The van der Waals surface area contributed by atoms with Crippen LogP contribution >= 0.6 is 0 Å². The maximum Gasteiger partial charge on any atom is 0.254 e. The Bertz CT molecular complexity index is 1550. The van der Waals surface area contributed by atoms with Crippen molar-refractivity contribution in [3.05, 3.63) is 59.7 Å². The van der Waals surface area contributed by atoms with Gasteiger partial charge in [-0.15, -0.1) is 0 Å². The summed E-state index contributed by atoms with van der Waals surface area (Å²) in [7, 11) is 3.75. The Morgan fingerprint density at radius 3 is 2.97 bits per heavy atom. The molecule has 0 radical (unpaired) electrons. The third-order valence-corrected chi connectivity index (χ3v) is 7.76. The number of hydrogen-bond donors (Lipinski definition) is 3. The van der Waals surface area contributed by atoms with Crippen molar-refractivity contribution >= 4 is 34.1 Å². The van der Waals surface area contributed by atoms with Crippen molar-refractivity contribution < 1.29 is 9.53 Å². The zero-order chi connectivity index (χ0) is 25.1. The number of rotatable bonds is 4. The number of nitrogens with zero attached hydrogens (tertiary/aromatic N) is 5. The van der Waals surface area contributed by atoms with E-state index in [0.29, 0.717) is 36.2 Å². The fourth-order valence-corrected chi connectivity index (χ4v) is 5.92. The van der Waals surface area contributed by atoms with E-state index < -0.39 is 0 Å². The lowest BCUT2D eigenvalue weighted by Crippen LogP contribution is -2.34. The third kappa shape index (κ3) is 3.55. The van der Waals surface area contributed by atoms with E-state index >= 15 is 0 Å². The molecule has 37 heavy (non-hydrogen) atoms. The highest BCUT2D eigenvalue weighted by molar-refractivity contribution is 6.06. The molecule has 3 aliphatic rings. The van der Waals surface area contributed by atoms with Crippen LogP contribution < -0.4 is 20.9 Å². The molecule has 1 fully saturated rings. The summed E-state index contributed by atoms with van der Waals surface area (Å²) in [6, 6.07) is 8.50. The molecular formula is C27H28N8O2. The van der Waals surface area contributed by atoms with Gasteiger partial charge in [-0.25, -0.2) is 9.97 Å². The first kappa shape index (κ1) is 22.2. The lowest BCUT2D eigenvalue weighted by molar-refractivity contribution is 0.0966. The van der Waals surface area contributed by atoms with Gasteiger partial charge in [0, 0.05) is 75.3 Å². The number of methoxy groups -OCH3 is 1. The van der Waals surface area contributed by atoms with Gasteiger partial charge in [-0.2, -0.15) is 0 Å². The molecule has 1 amide bonds. The summed E-state index contributed by atoms with van der Waals surface area (Å²) in [4.78, 5) is 29.6. The van der Waals surface area contributed by atoms with E-state index in [0.717, 1.165) is 58.7 Å². The summed E-state index contributed by atoms with van der Waals surface area (Å²) in [5.74, 6) is 0.578. The molecular weight excluding hydrogens is 468 g/mol. The quantitative estimate of drug-likeness (QED) is 0.396. The first-order chi connectivity index (χ1) is 18.1. The van der Waals surface area contributed by atoms with E-state index in [1.54, 1.807) is 19.5 Å². The standard InChI is InChI=1S/C27H28N8O2/c1-34-8-6-18-17(5-7-29-26(18)34)25-19-11-31-27(36)24(19)21(13-30-25)33-23-4-3-22-20(32-23)12-28-10-15-9-16(37-2)14-35(15)22/h3-8,13,15-16,28H,9-12,14H2,1-2H3,(H,31,36)(H,32,33)/t15?,16-/m1/s1. The SMILES string of the molecule is CO[C@@H]1CC2CNCc3nc(Nc4cnc(-c5ccnc6c5ccn6C)c5c4C(=O)NC5)ccc3N2C1. The highest BCUT2D eigenvalue weighted by atomic mass is 16.5. The van der Waals surface area contributed by atoms with Crippen molar-refractivity contribution in [2.75, 3.05) is 30.4 Å². The van der Waals surface area contributed by atoms with Crippen molar-refractivity contribution in [1.82, 2.24) is 30.2 Å². The molecule has 188 valence electrons. The molecule has 4 aromatic heterocycles. The topological polar surface area (TPSA) is 109 Å². The van der Waals surface area contributed by atoms with Crippen LogP contribution in [0.4, 0.5) is 17.2 Å². The van der Waals surface area contributed by atoms with Crippen molar-refractivity contribution in [3.8, 4) is 11.3 Å². The minimum Gasteiger partial charge on any atom is -0.380 e. The van der Waals surface area contributed by atoms with E-state index in [9.17, 15) is 4.79 Å². The Kier molecular flexibility index (Phi) is 5.12. The molecule has 0 bridgehead atoms. The molecule has 0 aromatic carbocycles. The average Bonchev–Trinajstić information content (AvgIpc) is 3.59. The lowest BCUT2D eigenvalue weighted by atomic mass is 10.0. The van der Waals surface area contributed by atoms with Crippen LogP contribution in [0.1, 0.15) is 28.0 Å². The number of hydrogen-bond acceptors (Lipinski definition) is 8. The Labute approximate surface area is 214 Å². The molecule has 1 unspecified atom stereocenters. The third-order valence-electron chi connectivity index (χ3n) is 7.76. The van der Waals surface area contributed by atoms with Crippen LogP contribution in [0, 0.1) is 0 Å². The lowest BCUT2D eigenvalue weighted by Gasteiger charge is -2.25. The Balaban J connectivity index is 1.25. The van der Waals surface area contributed by atoms with Gasteiger partial charge in [-0.05, 0) is 30.7 Å². The van der Waals surface area contributed by atoms with Crippen molar-refractivity contribution in [2.24, 2.45) is 7.05 Å². The summed E-state index contributed by atoms with van der Waals surface area (Å²) in [6.07, 6.45) is 6.75. The Morgan fingerprint density at radius 2 is 2.08 bits per heavy atom. The molecule has 0 aliphatic carbocycles. The number of aryl methyl sites for hydroxylation is 1. The summed E-state index contributed by atoms with van der Waals surface area (Å²) in [5.41, 5.74) is 6.92. The number of anilines is 3. The second-order valence-corrected chi connectivity index (χ2v) is 9.90. The van der Waals surface area contributed by atoms with Crippen molar-refractivity contribution in [2.45, 2.75) is 31.7 Å². The zero-order valence-corrected chi connectivity index (χ0v) is 20.8. The van der Waals surface area contributed by atoms with Gasteiger partial charge in [0.1, 0.15) is 11.5 Å². The van der Waals surface area contributed by atoms with Gasteiger partial charge in [-0.3, -0.25) is 9.78 Å². The van der Waals surface area contributed by atoms with Crippen LogP contribution in [0.2, 0.25) is 0 Å². The molecule has 0 saturated carbocycles. The fraction of sp³-hybridized carbons (Fsp3) is 0.333. The first-order valence-electron chi connectivity index (χ1n) is 12.6. The van der Waals surface area contributed by atoms with Crippen molar-refractivity contribution in [3.63, 3.8) is 0 Å². The first-order valence-corrected chi connectivity index (χ1v) is 12.6. The maximum atomic E-state index is 12.9. The van der Waals surface area contributed by atoms with Gasteiger partial charge in [0.25, 0.3) is 5.91 Å². The van der Waals surface area contributed by atoms with Crippen LogP contribution in [0.15, 0.2) is 42.9 Å². The van der Waals surface area contributed by atoms with Crippen LogP contribution in [-0.2, 0) is 24.9 Å². The van der Waals surface area contributed by atoms with Gasteiger partial charge < -0.3 is 30.2 Å². The highest BCUT2D eigenvalue weighted by Gasteiger charge is 2.35. The minimum absolute atomic E-state index is 0.110. The number of nitrogens with one attached hydrogen (secondary N) is 3. The van der Waals surface area contributed by atoms with E-state index in [-0.39, 0.29) is 12.0 Å². The van der Waals surface area contributed by atoms with Crippen LogP contribution in [0.25, 0.3) is 22.3 Å². The Hall–Kier alpha value is -4.02.